The van der Waals surface area contributed by atoms with E-state index in [-0.39, 0.29) is 11.9 Å². The van der Waals surface area contributed by atoms with Gasteiger partial charge in [-0.15, -0.1) is 0 Å². The largest absolute Gasteiger partial charge is 0.353 e. The predicted molar refractivity (Wildman–Crippen MR) is 61.8 cm³/mol. The maximum absolute atomic E-state index is 11.6. The molecule has 88 valence electrons. The highest BCUT2D eigenvalue weighted by molar-refractivity contribution is 5.78. The molecule has 0 aromatic carbocycles. The first-order valence-electron chi connectivity index (χ1n) is 5.83. The zero-order valence-electron chi connectivity index (χ0n) is 10.0. The normalized spacial score (nSPS) is 23.1. The molecule has 1 rings (SSSR count). The summed E-state index contributed by atoms with van der Waals surface area (Å²) in [6, 6.07) is 0.806. The van der Waals surface area contributed by atoms with Crippen molar-refractivity contribution in [2.75, 3.05) is 26.7 Å². The van der Waals surface area contributed by atoms with E-state index in [1.165, 1.54) is 0 Å². The molecule has 0 spiro atoms. The van der Waals surface area contributed by atoms with Gasteiger partial charge in [-0.3, -0.25) is 9.69 Å². The second-order valence-electron chi connectivity index (χ2n) is 4.44. The van der Waals surface area contributed by atoms with E-state index in [2.05, 4.69) is 22.5 Å². The van der Waals surface area contributed by atoms with Crippen LogP contribution in [0.1, 0.15) is 26.7 Å². The number of rotatable bonds is 5. The fourth-order valence-electron chi connectivity index (χ4n) is 1.79. The molecule has 2 atom stereocenters. The quantitative estimate of drug-likeness (QED) is 0.685. The van der Waals surface area contributed by atoms with Gasteiger partial charge in [0.2, 0.25) is 5.91 Å². The molecule has 4 nitrogen and oxygen atoms in total. The molecule has 1 heterocycles. The van der Waals surface area contributed by atoms with Gasteiger partial charge in [-0.05, 0) is 33.4 Å². The summed E-state index contributed by atoms with van der Waals surface area (Å²) >= 11 is 0. The van der Waals surface area contributed by atoms with Gasteiger partial charge < -0.3 is 10.6 Å². The number of hydrogen-bond acceptors (Lipinski definition) is 3. The number of carbonyl (C=O) groups excluding carboxylic acids is 1. The van der Waals surface area contributed by atoms with E-state index in [0.29, 0.717) is 12.6 Å². The molecule has 4 heteroatoms. The Labute approximate surface area is 92.4 Å². The van der Waals surface area contributed by atoms with Crippen LogP contribution < -0.4 is 10.6 Å². The fourth-order valence-corrected chi connectivity index (χ4v) is 1.79. The Kier molecular flexibility index (Phi) is 5.05. The number of amides is 1. The second kappa shape index (κ2) is 6.08. The number of nitrogens with zero attached hydrogens (tertiary/aromatic N) is 1. The summed E-state index contributed by atoms with van der Waals surface area (Å²) in [5.74, 6) is 0.138. The lowest BCUT2D eigenvalue weighted by atomic mass is 10.2. The average molecular weight is 213 g/mol. The highest BCUT2D eigenvalue weighted by Crippen LogP contribution is 2.05. The third kappa shape index (κ3) is 4.18. The molecule has 0 saturated carbocycles. The summed E-state index contributed by atoms with van der Waals surface area (Å²) in [5, 5.41) is 6.29. The van der Waals surface area contributed by atoms with Gasteiger partial charge in [-0.1, -0.05) is 6.92 Å². The second-order valence-corrected chi connectivity index (χ2v) is 4.44. The van der Waals surface area contributed by atoms with Gasteiger partial charge in [0.1, 0.15) is 0 Å². The summed E-state index contributed by atoms with van der Waals surface area (Å²) in [5.41, 5.74) is 0. The zero-order chi connectivity index (χ0) is 11.3. The van der Waals surface area contributed by atoms with E-state index in [4.69, 9.17) is 0 Å². The van der Waals surface area contributed by atoms with Crippen LogP contribution in [0.15, 0.2) is 0 Å². The topological polar surface area (TPSA) is 44.4 Å². The number of hydrogen-bond donors (Lipinski definition) is 2. The smallest absolute Gasteiger partial charge is 0.234 e. The van der Waals surface area contributed by atoms with Crippen LogP contribution in [0, 0.1) is 0 Å². The molecule has 0 aliphatic carbocycles. The highest BCUT2D eigenvalue weighted by atomic mass is 16.2. The van der Waals surface area contributed by atoms with Gasteiger partial charge in [0.25, 0.3) is 0 Å². The summed E-state index contributed by atoms with van der Waals surface area (Å²) < 4.78 is 0. The first-order valence-corrected chi connectivity index (χ1v) is 5.83. The van der Waals surface area contributed by atoms with E-state index in [1.807, 2.05) is 14.0 Å². The van der Waals surface area contributed by atoms with Crippen LogP contribution in [0.4, 0.5) is 0 Å². The lowest BCUT2D eigenvalue weighted by Gasteiger charge is -2.23. The van der Waals surface area contributed by atoms with Crippen molar-refractivity contribution in [3.63, 3.8) is 0 Å². The molecule has 1 aliphatic rings. The molecule has 1 fully saturated rings. The van der Waals surface area contributed by atoms with Gasteiger partial charge in [0, 0.05) is 18.6 Å². The number of nitrogens with one attached hydrogen (secondary N) is 2. The maximum atomic E-state index is 11.6. The van der Waals surface area contributed by atoms with E-state index >= 15 is 0 Å². The Morgan fingerprint density at radius 1 is 1.67 bits per heavy atom. The highest BCUT2D eigenvalue weighted by Gasteiger charge is 2.20. The Balaban J connectivity index is 2.24. The summed E-state index contributed by atoms with van der Waals surface area (Å²) in [4.78, 5) is 13.7. The van der Waals surface area contributed by atoms with Crippen LogP contribution in [-0.4, -0.2) is 49.6 Å². The van der Waals surface area contributed by atoms with Crippen molar-refractivity contribution in [1.29, 1.82) is 0 Å². The van der Waals surface area contributed by atoms with E-state index < -0.39 is 0 Å². The molecular formula is C11H23N3O. The molecule has 15 heavy (non-hydrogen) atoms. The molecule has 1 aliphatic heterocycles. The molecular weight excluding hydrogens is 190 g/mol. The summed E-state index contributed by atoms with van der Waals surface area (Å²) in [7, 11) is 2.02. The van der Waals surface area contributed by atoms with Gasteiger partial charge in [-0.25, -0.2) is 0 Å². The molecule has 1 saturated heterocycles. The van der Waals surface area contributed by atoms with Gasteiger partial charge >= 0.3 is 0 Å². The zero-order valence-corrected chi connectivity index (χ0v) is 10.0. The Hall–Kier alpha value is -0.610. The molecule has 2 unspecified atom stereocenters. The van der Waals surface area contributed by atoms with Crippen LogP contribution in [0.2, 0.25) is 0 Å². The van der Waals surface area contributed by atoms with Gasteiger partial charge in [0.05, 0.1) is 6.54 Å². The summed E-state index contributed by atoms with van der Waals surface area (Å²) in [6.07, 6.45) is 2.13. The van der Waals surface area contributed by atoms with Crippen LogP contribution >= 0.6 is 0 Å². The monoisotopic (exact) mass is 213 g/mol. The van der Waals surface area contributed by atoms with Crippen molar-refractivity contribution in [3.8, 4) is 0 Å². The van der Waals surface area contributed by atoms with E-state index in [0.717, 1.165) is 25.9 Å². The number of carbonyl (C=O) groups is 1. The van der Waals surface area contributed by atoms with Crippen molar-refractivity contribution in [3.05, 3.63) is 0 Å². The standard InChI is InChI=1S/C11H23N3O/c1-4-9(2)13-11(15)8-14(3)10-5-6-12-7-10/h9-10,12H,4-8H2,1-3H3,(H,13,15). The van der Waals surface area contributed by atoms with Crippen LogP contribution in [0.25, 0.3) is 0 Å². The minimum atomic E-state index is 0.138. The molecule has 0 bridgehead atoms. The minimum absolute atomic E-state index is 0.138. The van der Waals surface area contributed by atoms with Crippen LogP contribution in [0.3, 0.4) is 0 Å². The Morgan fingerprint density at radius 2 is 2.40 bits per heavy atom. The Morgan fingerprint density at radius 3 is 2.93 bits per heavy atom. The minimum Gasteiger partial charge on any atom is -0.353 e. The maximum Gasteiger partial charge on any atom is 0.234 e. The van der Waals surface area contributed by atoms with Crippen molar-refractivity contribution < 1.29 is 4.79 Å². The SMILES string of the molecule is CCC(C)NC(=O)CN(C)C1CCNC1. The van der Waals surface area contributed by atoms with Crippen LogP contribution in [0.5, 0.6) is 0 Å². The van der Waals surface area contributed by atoms with Crippen molar-refractivity contribution in [1.82, 2.24) is 15.5 Å². The average Bonchev–Trinajstić information content (AvgIpc) is 2.70. The predicted octanol–water partition coefficient (Wildman–Crippen LogP) is 0.195. The molecule has 0 aromatic heterocycles. The summed E-state index contributed by atoms with van der Waals surface area (Å²) in [6.45, 7) is 6.70. The van der Waals surface area contributed by atoms with Gasteiger partial charge in [0.15, 0.2) is 0 Å². The van der Waals surface area contributed by atoms with Gasteiger partial charge in [-0.2, -0.15) is 0 Å². The number of likely N-dealkylation sites (N-methyl/N-ethyl adjacent to an activating group) is 1. The molecule has 2 N–H and O–H groups in total. The molecule has 0 radical (unpaired) electrons. The van der Waals surface area contributed by atoms with Crippen molar-refractivity contribution >= 4 is 5.91 Å². The van der Waals surface area contributed by atoms with E-state index in [1.54, 1.807) is 0 Å². The fraction of sp³-hybridized carbons (Fsp3) is 0.909. The van der Waals surface area contributed by atoms with Crippen molar-refractivity contribution in [2.45, 2.75) is 38.8 Å². The van der Waals surface area contributed by atoms with E-state index in [9.17, 15) is 4.79 Å². The lowest BCUT2D eigenvalue weighted by Crippen LogP contribution is -2.43. The lowest BCUT2D eigenvalue weighted by molar-refractivity contribution is -0.123. The third-order valence-corrected chi connectivity index (χ3v) is 3.07. The van der Waals surface area contributed by atoms with Crippen LogP contribution in [-0.2, 0) is 4.79 Å². The van der Waals surface area contributed by atoms with Crippen molar-refractivity contribution in [2.24, 2.45) is 0 Å². The molecule has 0 aromatic rings. The first kappa shape index (κ1) is 12.5. The first-order chi connectivity index (χ1) is 7.13. The molecule has 1 amide bonds. The third-order valence-electron chi connectivity index (χ3n) is 3.07. The Bertz CT molecular complexity index is 202.